The van der Waals surface area contributed by atoms with Crippen LogP contribution in [0.2, 0.25) is 0 Å². The van der Waals surface area contributed by atoms with E-state index in [9.17, 15) is 9.90 Å². The number of piperidine rings is 1. The number of aromatic hydroxyl groups is 1. The predicted octanol–water partition coefficient (Wildman–Crippen LogP) is 5.84. The van der Waals surface area contributed by atoms with Crippen molar-refractivity contribution in [1.82, 2.24) is 9.80 Å². The zero-order valence-electron chi connectivity index (χ0n) is 25.4. The summed E-state index contributed by atoms with van der Waals surface area (Å²) in [6.45, 7) is 6.94. The van der Waals surface area contributed by atoms with Crippen molar-refractivity contribution in [3.8, 4) is 17.2 Å². The summed E-state index contributed by atoms with van der Waals surface area (Å²) in [6, 6.07) is 14.5. The summed E-state index contributed by atoms with van der Waals surface area (Å²) < 4.78 is 18.0. The Morgan fingerprint density at radius 3 is 2.81 bits per heavy atom. The van der Waals surface area contributed by atoms with E-state index in [2.05, 4.69) is 54.0 Å². The summed E-state index contributed by atoms with van der Waals surface area (Å²) in [4.78, 5) is 18.6. The molecule has 0 radical (unpaired) electrons. The van der Waals surface area contributed by atoms with Gasteiger partial charge in [-0.3, -0.25) is 9.69 Å². The molecule has 2 bridgehead atoms. The molecule has 7 nitrogen and oxygen atoms in total. The molecule has 1 spiro atoms. The number of methoxy groups -OCH3 is 1. The standard InChI is InChI=1S/C36H42N2O5/c1-23(2)21-38(32(40)12-9-25-14-18-42-22-25)28-11-10-27-29-19-26-30(39)20-31(41-3)34-33(26)36(27,35(28)43-34)15-17-37(29)16-13-24-7-5-4-6-8-24/h4-9,12,14,18,20,22-23,27-29,35,39H,10-11,13,15-17,19,21H2,1-3H3/t27-,28-,29+,35+,36-/m0/s1. The molecule has 2 fully saturated rings. The lowest BCUT2D eigenvalue weighted by Gasteiger charge is -2.60. The van der Waals surface area contributed by atoms with Crippen LogP contribution in [0.25, 0.3) is 6.08 Å². The van der Waals surface area contributed by atoms with E-state index in [0.29, 0.717) is 35.9 Å². The second-order valence-corrected chi connectivity index (χ2v) is 13.2. The number of benzene rings is 2. The second kappa shape index (κ2) is 11.1. The fourth-order valence-electron chi connectivity index (χ4n) is 8.73. The van der Waals surface area contributed by atoms with Crippen LogP contribution in [-0.4, -0.2) is 65.7 Å². The lowest BCUT2D eigenvalue weighted by molar-refractivity contribution is -0.138. The molecule has 2 aliphatic heterocycles. The normalized spacial score (nSPS) is 27.3. The number of hydrogen-bond donors (Lipinski definition) is 1. The Morgan fingerprint density at radius 1 is 1.23 bits per heavy atom. The first-order chi connectivity index (χ1) is 20.9. The number of phenols is 1. The molecule has 43 heavy (non-hydrogen) atoms. The third kappa shape index (κ3) is 4.64. The number of carbonyl (C=O) groups is 1. The molecule has 3 aromatic rings. The molecule has 2 aliphatic carbocycles. The first-order valence-corrected chi connectivity index (χ1v) is 15.8. The number of carbonyl (C=O) groups excluding carboxylic acids is 1. The van der Waals surface area contributed by atoms with E-state index < -0.39 is 0 Å². The van der Waals surface area contributed by atoms with Gasteiger partial charge in [-0.15, -0.1) is 0 Å². The lowest BCUT2D eigenvalue weighted by Crippen LogP contribution is -2.69. The maximum Gasteiger partial charge on any atom is 0.246 e. The number of likely N-dealkylation sites (tertiary alicyclic amines) is 1. The fourth-order valence-corrected chi connectivity index (χ4v) is 8.73. The monoisotopic (exact) mass is 582 g/mol. The summed E-state index contributed by atoms with van der Waals surface area (Å²) in [5.74, 6) is 2.35. The molecular formula is C36H42N2O5. The first kappa shape index (κ1) is 28.1. The SMILES string of the molecule is COc1cc(O)c2c3c1O[C@@H]1[C@@H](N(CC(C)C)C(=O)C=Cc4ccoc4)CC[C@H]4[C@@H](C2)N(CCc2ccccc2)CC[C@]314. The van der Waals surface area contributed by atoms with E-state index in [0.717, 1.165) is 67.6 Å². The summed E-state index contributed by atoms with van der Waals surface area (Å²) in [5.41, 5.74) is 4.11. The van der Waals surface area contributed by atoms with Gasteiger partial charge >= 0.3 is 0 Å². The highest BCUT2D eigenvalue weighted by Crippen LogP contribution is 2.65. The molecular weight excluding hydrogens is 540 g/mol. The molecule has 0 unspecified atom stereocenters. The van der Waals surface area contributed by atoms with Crippen molar-refractivity contribution in [2.75, 3.05) is 26.7 Å². The van der Waals surface area contributed by atoms with Crippen LogP contribution >= 0.6 is 0 Å². The van der Waals surface area contributed by atoms with Gasteiger partial charge in [0, 0.05) is 53.4 Å². The molecule has 3 heterocycles. The highest BCUT2D eigenvalue weighted by atomic mass is 16.5. The third-order valence-corrected chi connectivity index (χ3v) is 10.4. The van der Waals surface area contributed by atoms with Crippen molar-refractivity contribution < 1.29 is 23.8 Å². The molecule has 1 N–H and O–H groups in total. The fraction of sp³-hybridized carbons (Fsp3) is 0.472. The quantitative estimate of drug-likeness (QED) is 0.320. The number of amides is 1. The minimum atomic E-state index is -0.268. The Hall–Kier alpha value is -3.71. The topological polar surface area (TPSA) is 75.4 Å². The van der Waals surface area contributed by atoms with Gasteiger partial charge in [0.1, 0.15) is 11.9 Å². The van der Waals surface area contributed by atoms with E-state index in [1.54, 1.807) is 31.8 Å². The van der Waals surface area contributed by atoms with Crippen molar-refractivity contribution in [3.05, 3.63) is 83.3 Å². The van der Waals surface area contributed by atoms with E-state index in [1.807, 2.05) is 12.1 Å². The van der Waals surface area contributed by atoms with Crippen LogP contribution in [0.15, 0.2) is 65.5 Å². The van der Waals surface area contributed by atoms with Gasteiger partial charge in [-0.05, 0) is 68.2 Å². The molecule has 1 saturated heterocycles. The van der Waals surface area contributed by atoms with Crippen LogP contribution in [0.3, 0.4) is 0 Å². The average molecular weight is 583 g/mol. The molecule has 5 atom stereocenters. The Morgan fingerprint density at radius 2 is 2.07 bits per heavy atom. The van der Waals surface area contributed by atoms with Crippen LogP contribution in [0.1, 0.15) is 55.4 Å². The molecule has 4 aliphatic rings. The molecule has 1 amide bonds. The third-order valence-electron chi connectivity index (χ3n) is 10.4. The van der Waals surface area contributed by atoms with Crippen molar-refractivity contribution in [2.24, 2.45) is 11.8 Å². The van der Waals surface area contributed by atoms with Crippen LogP contribution in [0.5, 0.6) is 17.2 Å². The molecule has 1 saturated carbocycles. The van der Waals surface area contributed by atoms with E-state index in [1.165, 1.54) is 5.56 Å². The number of phenolic OH excluding ortho intramolecular Hbond substituents is 1. The number of nitrogens with zero attached hydrogens (tertiary/aromatic N) is 2. The first-order valence-electron chi connectivity index (χ1n) is 15.8. The molecule has 2 aromatic carbocycles. The van der Waals surface area contributed by atoms with Gasteiger partial charge in [0.05, 0.1) is 25.7 Å². The largest absolute Gasteiger partial charge is 0.508 e. The Kier molecular flexibility index (Phi) is 7.24. The van der Waals surface area contributed by atoms with Crippen molar-refractivity contribution >= 4 is 12.0 Å². The van der Waals surface area contributed by atoms with Crippen molar-refractivity contribution in [3.63, 3.8) is 0 Å². The Balaban J connectivity index is 1.26. The summed E-state index contributed by atoms with van der Waals surface area (Å²) in [7, 11) is 1.64. The Bertz CT molecular complexity index is 1500. The van der Waals surface area contributed by atoms with E-state index >= 15 is 0 Å². The number of furan rings is 1. The average Bonchev–Trinajstić information content (AvgIpc) is 3.65. The maximum absolute atomic E-state index is 13.9. The zero-order valence-corrected chi connectivity index (χ0v) is 25.4. The van der Waals surface area contributed by atoms with Crippen LogP contribution < -0.4 is 9.47 Å². The van der Waals surface area contributed by atoms with Crippen LogP contribution in [0.4, 0.5) is 0 Å². The highest BCUT2D eigenvalue weighted by molar-refractivity contribution is 5.92. The van der Waals surface area contributed by atoms with Gasteiger partial charge in [0.25, 0.3) is 0 Å². The zero-order chi connectivity index (χ0) is 29.7. The molecule has 7 rings (SSSR count). The molecule has 7 heteroatoms. The van der Waals surface area contributed by atoms with E-state index in [-0.39, 0.29) is 23.5 Å². The summed E-state index contributed by atoms with van der Waals surface area (Å²) in [5, 5.41) is 11.4. The van der Waals surface area contributed by atoms with Crippen LogP contribution in [-0.2, 0) is 23.1 Å². The van der Waals surface area contributed by atoms with Gasteiger partial charge < -0.3 is 23.9 Å². The maximum atomic E-state index is 13.9. The van der Waals surface area contributed by atoms with Gasteiger partial charge in [0.2, 0.25) is 5.91 Å². The minimum Gasteiger partial charge on any atom is -0.508 e. The minimum absolute atomic E-state index is 0.00278. The van der Waals surface area contributed by atoms with Crippen molar-refractivity contribution in [1.29, 1.82) is 0 Å². The van der Waals surface area contributed by atoms with E-state index in [4.69, 9.17) is 13.9 Å². The Labute approximate surface area is 254 Å². The van der Waals surface area contributed by atoms with Crippen molar-refractivity contribution in [2.45, 2.75) is 69.6 Å². The predicted molar refractivity (Wildman–Crippen MR) is 165 cm³/mol. The lowest BCUT2D eigenvalue weighted by atomic mass is 9.50. The smallest absolute Gasteiger partial charge is 0.246 e. The number of ether oxygens (including phenoxy) is 2. The van der Waals surface area contributed by atoms with Gasteiger partial charge in [-0.1, -0.05) is 44.2 Å². The summed E-state index contributed by atoms with van der Waals surface area (Å²) >= 11 is 0. The number of hydrogen-bond acceptors (Lipinski definition) is 6. The molecule has 226 valence electrons. The summed E-state index contributed by atoms with van der Waals surface area (Å²) in [6.07, 6.45) is 11.2. The second-order valence-electron chi connectivity index (χ2n) is 13.2. The highest BCUT2D eigenvalue weighted by Gasteiger charge is 2.67. The van der Waals surface area contributed by atoms with Gasteiger partial charge in [0.15, 0.2) is 11.5 Å². The molecule has 1 aromatic heterocycles. The van der Waals surface area contributed by atoms with Gasteiger partial charge in [-0.25, -0.2) is 0 Å². The number of rotatable bonds is 9. The van der Waals surface area contributed by atoms with Crippen LogP contribution in [0, 0.1) is 11.8 Å². The van der Waals surface area contributed by atoms with Gasteiger partial charge in [-0.2, -0.15) is 0 Å².